The van der Waals surface area contributed by atoms with Gasteiger partial charge in [-0.3, -0.25) is 14.9 Å². The number of carbonyl (C=O) groups excluding carboxylic acids is 2. The molecule has 17 heavy (non-hydrogen) atoms. The van der Waals surface area contributed by atoms with Crippen LogP contribution < -0.4 is 5.32 Å². The van der Waals surface area contributed by atoms with Gasteiger partial charge in [-0.2, -0.15) is 0 Å². The fraction of sp³-hybridized carbons (Fsp3) is 0.545. The van der Waals surface area contributed by atoms with Crippen molar-refractivity contribution in [3.05, 3.63) is 12.4 Å². The Balaban J connectivity index is 1.61. The lowest BCUT2D eigenvalue weighted by Gasteiger charge is -2.14. The van der Waals surface area contributed by atoms with Crippen molar-refractivity contribution in [3.8, 4) is 0 Å². The second-order valence-electron chi connectivity index (χ2n) is 4.61. The molecular weight excluding hydrogens is 220 g/mol. The maximum Gasteiger partial charge on any atom is 0.232 e. The molecule has 2 heterocycles. The summed E-state index contributed by atoms with van der Waals surface area (Å²) >= 11 is 0. The van der Waals surface area contributed by atoms with Crippen molar-refractivity contribution in [2.75, 3.05) is 11.9 Å². The molecule has 0 aromatic carbocycles. The lowest BCUT2D eigenvalue weighted by molar-refractivity contribution is -0.128. The van der Waals surface area contributed by atoms with Crippen molar-refractivity contribution < 1.29 is 9.59 Å². The number of imidazole rings is 1. The number of H-pyrrole nitrogens is 1. The van der Waals surface area contributed by atoms with Gasteiger partial charge >= 0.3 is 0 Å². The Morgan fingerprint density at radius 1 is 1.53 bits per heavy atom. The third-order valence-corrected chi connectivity index (χ3v) is 3.26. The second-order valence-corrected chi connectivity index (χ2v) is 4.61. The van der Waals surface area contributed by atoms with Gasteiger partial charge in [-0.15, -0.1) is 0 Å². The van der Waals surface area contributed by atoms with Crippen molar-refractivity contribution in [2.45, 2.75) is 25.3 Å². The van der Waals surface area contributed by atoms with E-state index in [-0.39, 0.29) is 17.7 Å². The van der Waals surface area contributed by atoms with Gasteiger partial charge in [0.2, 0.25) is 17.8 Å². The van der Waals surface area contributed by atoms with Crippen molar-refractivity contribution in [3.63, 3.8) is 0 Å². The van der Waals surface area contributed by atoms with Gasteiger partial charge < -0.3 is 9.88 Å². The van der Waals surface area contributed by atoms with Crippen LogP contribution in [0.5, 0.6) is 0 Å². The van der Waals surface area contributed by atoms with Gasteiger partial charge in [0, 0.05) is 31.4 Å². The fourth-order valence-corrected chi connectivity index (χ4v) is 2.20. The molecule has 0 radical (unpaired) electrons. The number of aromatic amines is 1. The van der Waals surface area contributed by atoms with Crippen LogP contribution >= 0.6 is 0 Å². The molecule has 1 atom stereocenters. The van der Waals surface area contributed by atoms with Crippen molar-refractivity contribution >= 4 is 17.8 Å². The molecule has 2 aliphatic rings. The molecule has 1 aromatic rings. The van der Waals surface area contributed by atoms with Crippen LogP contribution in [0.1, 0.15) is 19.3 Å². The van der Waals surface area contributed by atoms with E-state index in [2.05, 4.69) is 15.3 Å². The predicted octanol–water partition coefficient (Wildman–Crippen LogP) is 0.359. The van der Waals surface area contributed by atoms with Crippen LogP contribution in [-0.2, 0) is 9.59 Å². The molecule has 1 aliphatic heterocycles. The van der Waals surface area contributed by atoms with E-state index in [9.17, 15) is 9.59 Å². The summed E-state index contributed by atoms with van der Waals surface area (Å²) in [5, 5.41) is 2.68. The van der Waals surface area contributed by atoms with Gasteiger partial charge in [-0.05, 0) is 12.8 Å². The molecule has 2 amide bonds. The summed E-state index contributed by atoms with van der Waals surface area (Å²) in [4.78, 5) is 32.2. The van der Waals surface area contributed by atoms with Crippen LogP contribution in [-0.4, -0.2) is 39.3 Å². The highest BCUT2D eigenvalue weighted by atomic mass is 16.2. The molecule has 6 heteroatoms. The number of anilines is 1. The first kappa shape index (κ1) is 10.3. The lowest BCUT2D eigenvalue weighted by atomic mass is 10.1. The smallest absolute Gasteiger partial charge is 0.232 e. The van der Waals surface area contributed by atoms with E-state index in [0.717, 1.165) is 12.8 Å². The molecular formula is C11H14N4O2. The number of amides is 2. The van der Waals surface area contributed by atoms with Gasteiger partial charge in [0.1, 0.15) is 0 Å². The number of hydrogen-bond acceptors (Lipinski definition) is 3. The quantitative estimate of drug-likeness (QED) is 0.792. The van der Waals surface area contributed by atoms with E-state index in [1.54, 1.807) is 12.4 Å². The van der Waals surface area contributed by atoms with E-state index in [4.69, 9.17) is 0 Å². The number of aromatic nitrogens is 2. The summed E-state index contributed by atoms with van der Waals surface area (Å²) in [6.45, 7) is 0.552. The Hall–Kier alpha value is -1.85. The number of nitrogens with one attached hydrogen (secondary N) is 2. The number of likely N-dealkylation sites (tertiary alicyclic amines) is 1. The molecule has 1 aliphatic carbocycles. The summed E-state index contributed by atoms with van der Waals surface area (Å²) in [7, 11) is 0. The third kappa shape index (κ3) is 2.02. The normalized spacial score (nSPS) is 24.1. The predicted molar refractivity (Wildman–Crippen MR) is 60.1 cm³/mol. The molecule has 0 spiro atoms. The van der Waals surface area contributed by atoms with Gasteiger partial charge in [-0.1, -0.05) is 0 Å². The molecule has 3 rings (SSSR count). The minimum Gasteiger partial charge on any atom is -0.339 e. The summed E-state index contributed by atoms with van der Waals surface area (Å²) < 4.78 is 0. The highest BCUT2D eigenvalue weighted by molar-refractivity contribution is 5.96. The first-order valence-corrected chi connectivity index (χ1v) is 5.84. The average molecular weight is 234 g/mol. The maximum atomic E-state index is 11.9. The molecule has 1 saturated carbocycles. The number of carbonyl (C=O) groups is 2. The summed E-state index contributed by atoms with van der Waals surface area (Å²) in [5.74, 6) is 0.170. The summed E-state index contributed by atoms with van der Waals surface area (Å²) in [5.41, 5.74) is 0. The highest BCUT2D eigenvalue weighted by Crippen LogP contribution is 2.32. The summed E-state index contributed by atoms with van der Waals surface area (Å²) in [6.07, 6.45) is 5.71. The standard InChI is InChI=1S/C11H14N4O2/c16-9-5-7(6-15(9)8-1-2-8)10(17)14-11-12-3-4-13-11/h3-4,7-8H,1-2,5-6H2,(H2,12,13,14,17). The molecule has 1 aromatic heterocycles. The molecule has 0 bridgehead atoms. The molecule has 90 valence electrons. The SMILES string of the molecule is O=C(Nc1ncc[nH]1)C1CC(=O)N(C2CC2)C1. The fourth-order valence-electron chi connectivity index (χ4n) is 2.20. The van der Waals surface area contributed by atoms with Crippen LogP contribution in [0, 0.1) is 5.92 Å². The first-order valence-electron chi connectivity index (χ1n) is 5.84. The van der Waals surface area contributed by atoms with Crippen molar-refractivity contribution in [1.29, 1.82) is 0 Å². The second kappa shape index (κ2) is 3.87. The molecule has 2 fully saturated rings. The zero-order valence-corrected chi connectivity index (χ0v) is 9.35. The van der Waals surface area contributed by atoms with E-state index < -0.39 is 0 Å². The lowest BCUT2D eigenvalue weighted by Crippen LogP contribution is -2.30. The first-order chi connectivity index (χ1) is 8.24. The largest absolute Gasteiger partial charge is 0.339 e. The average Bonchev–Trinajstić information content (AvgIpc) is 2.87. The van der Waals surface area contributed by atoms with Crippen LogP contribution in [0.3, 0.4) is 0 Å². The van der Waals surface area contributed by atoms with Gasteiger partial charge in [-0.25, -0.2) is 4.98 Å². The Morgan fingerprint density at radius 3 is 3.00 bits per heavy atom. The van der Waals surface area contributed by atoms with Gasteiger partial charge in [0.25, 0.3) is 0 Å². The van der Waals surface area contributed by atoms with Crippen molar-refractivity contribution in [1.82, 2.24) is 14.9 Å². The van der Waals surface area contributed by atoms with Crippen LogP contribution in [0.25, 0.3) is 0 Å². The summed E-state index contributed by atoms with van der Waals surface area (Å²) in [6, 6.07) is 0.393. The van der Waals surface area contributed by atoms with Crippen molar-refractivity contribution in [2.24, 2.45) is 5.92 Å². The van der Waals surface area contributed by atoms with Crippen LogP contribution in [0.4, 0.5) is 5.95 Å². The minimum absolute atomic E-state index is 0.104. The zero-order valence-electron chi connectivity index (χ0n) is 9.35. The van der Waals surface area contributed by atoms with E-state index in [1.807, 2.05) is 4.90 Å². The van der Waals surface area contributed by atoms with E-state index in [1.165, 1.54) is 0 Å². The van der Waals surface area contributed by atoms with Gasteiger partial charge in [0.15, 0.2) is 0 Å². The number of rotatable bonds is 3. The zero-order chi connectivity index (χ0) is 11.8. The minimum atomic E-state index is -0.242. The van der Waals surface area contributed by atoms with Crippen LogP contribution in [0.15, 0.2) is 12.4 Å². The Morgan fingerprint density at radius 2 is 2.35 bits per heavy atom. The molecule has 2 N–H and O–H groups in total. The molecule has 1 unspecified atom stereocenters. The van der Waals surface area contributed by atoms with E-state index in [0.29, 0.717) is 25.0 Å². The van der Waals surface area contributed by atoms with Crippen LogP contribution in [0.2, 0.25) is 0 Å². The Labute approximate surface area is 98.4 Å². The molecule has 1 saturated heterocycles. The Bertz CT molecular complexity index is 438. The number of hydrogen-bond donors (Lipinski definition) is 2. The van der Waals surface area contributed by atoms with E-state index >= 15 is 0 Å². The maximum absolute atomic E-state index is 11.9. The Kier molecular flexibility index (Phi) is 2.35. The molecule has 6 nitrogen and oxygen atoms in total. The highest BCUT2D eigenvalue weighted by Gasteiger charge is 2.41. The monoisotopic (exact) mass is 234 g/mol. The third-order valence-electron chi connectivity index (χ3n) is 3.26. The van der Waals surface area contributed by atoms with Gasteiger partial charge in [0.05, 0.1) is 5.92 Å². The number of nitrogens with zero attached hydrogens (tertiary/aromatic N) is 2. The topological polar surface area (TPSA) is 78.1 Å².